The van der Waals surface area contributed by atoms with E-state index in [1.165, 1.54) is 6.21 Å². The number of nitrogens with zero attached hydrogens (tertiary/aromatic N) is 1. The van der Waals surface area contributed by atoms with Crippen molar-refractivity contribution in [1.29, 1.82) is 0 Å². The van der Waals surface area contributed by atoms with Crippen LogP contribution in [0.5, 0.6) is 0 Å². The fourth-order valence-electron chi connectivity index (χ4n) is 1.42. The molecule has 0 fully saturated rings. The normalized spacial score (nSPS) is 11.3. The average molecular weight is 278 g/mol. The van der Waals surface area contributed by atoms with Gasteiger partial charge in [0.1, 0.15) is 5.60 Å². The van der Waals surface area contributed by atoms with Gasteiger partial charge in [0.05, 0.1) is 12.6 Å². The molecule has 1 aromatic rings. The number of rotatable bonds is 4. The van der Waals surface area contributed by atoms with Crippen LogP contribution in [0.3, 0.4) is 0 Å². The molecule has 1 aromatic carbocycles. The molecular formula is C14H18N2O4. The van der Waals surface area contributed by atoms with Crippen molar-refractivity contribution in [3.8, 4) is 0 Å². The Morgan fingerprint density at radius 1 is 1.40 bits per heavy atom. The third-order valence-electron chi connectivity index (χ3n) is 2.07. The van der Waals surface area contributed by atoms with Crippen LogP contribution in [0.2, 0.25) is 0 Å². The number of benzene rings is 1. The first kappa shape index (κ1) is 15.7. The lowest BCUT2D eigenvalue weighted by Gasteiger charge is -2.18. The third kappa shape index (κ3) is 6.53. The molecule has 0 aliphatic carbocycles. The molecule has 1 amide bonds. The molecule has 0 aliphatic heterocycles. The molecule has 6 heteroatoms. The molecule has 0 bridgehead atoms. The number of carboxylic acids is 1. The summed E-state index contributed by atoms with van der Waals surface area (Å²) in [7, 11) is 0. The monoisotopic (exact) mass is 278 g/mol. The minimum absolute atomic E-state index is 0.0544. The van der Waals surface area contributed by atoms with Gasteiger partial charge in [-0.05, 0) is 38.0 Å². The van der Waals surface area contributed by atoms with E-state index in [1.54, 1.807) is 45.0 Å². The van der Waals surface area contributed by atoms with E-state index in [9.17, 15) is 9.59 Å². The van der Waals surface area contributed by atoms with Crippen molar-refractivity contribution in [3.63, 3.8) is 0 Å². The maximum absolute atomic E-state index is 11.3. The SMILES string of the molecule is CC(C)(C)OC(=O)N/N=C/c1cccc(CC(=O)O)c1. The topological polar surface area (TPSA) is 88.0 Å². The quantitative estimate of drug-likeness (QED) is 0.652. The van der Waals surface area contributed by atoms with Crippen LogP contribution in [0, 0.1) is 0 Å². The molecule has 0 heterocycles. The first-order valence-electron chi connectivity index (χ1n) is 6.09. The number of hydrazone groups is 1. The van der Waals surface area contributed by atoms with E-state index in [1.807, 2.05) is 0 Å². The number of amides is 1. The second-order valence-electron chi connectivity index (χ2n) is 5.19. The lowest BCUT2D eigenvalue weighted by atomic mass is 10.1. The second-order valence-corrected chi connectivity index (χ2v) is 5.19. The Labute approximate surface area is 117 Å². The molecule has 0 aliphatic rings. The Kier molecular flexibility index (Phi) is 5.25. The molecule has 0 aromatic heterocycles. The summed E-state index contributed by atoms with van der Waals surface area (Å²) in [6, 6.07) is 6.89. The van der Waals surface area contributed by atoms with E-state index in [0.29, 0.717) is 11.1 Å². The van der Waals surface area contributed by atoms with Gasteiger partial charge in [0.15, 0.2) is 0 Å². The van der Waals surface area contributed by atoms with Gasteiger partial charge in [0.2, 0.25) is 0 Å². The molecule has 0 saturated carbocycles. The minimum atomic E-state index is -0.897. The molecule has 0 radical (unpaired) electrons. The summed E-state index contributed by atoms with van der Waals surface area (Å²) in [5.41, 5.74) is 3.02. The minimum Gasteiger partial charge on any atom is -0.481 e. The lowest BCUT2D eigenvalue weighted by molar-refractivity contribution is -0.136. The van der Waals surface area contributed by atoms with Crippen molar-refractivity contribution in [3.05, 3.63) is 35.4 Å². The number of carbonyl (C=O) groups excluding carboxylic acids is 1. The first-order chi connectivity index (χ1) is 9.26. The number of carbonyl (C=O) groups is 2. The van der Waals surface area contributed by atoms with E-state index in [2.05, 4.69) is 10.5 Å². The van der Waals surface area contributed by atoms with Crippen LogP contribution in [0.25, 0.3) is 0 Å². The highest BCUT2D eigenvalue weighted by Crippen LogP contribution is 2.06. The van der Waals surface area contributed by atoms with Crippen LogP contribution in [0.4, 0.5) is 4.79 Å². The highest BCUT2D eigenvalue weighted by Gasteiger charge is 2.15. The predicted molar refractivity (Wildman–Crippen MR) is 74.7 cm³/mol. The molecule has 0 spiro atoms. The van der Waals surface area contributed by atoms with Gasteiger partial charge in [0, 0.05) is 0 Å². The van der Waals surface area contributed by atoms with E-state index in [-0.39, 0.29) is 6.42 Å². The number of aliphatic carboxylic acids is 1. The number of hydrogen-bond donors (Lipinski definition) is 2. The summed E-state index contributed by atoms with van der Waals surface area (Å²) in [6.45, 7) is 5.27. The largest absolute Gasteiger partial charge is 0.481 e. The van der Waals surface area contributed by atoms with E-state index in [0.717, 1.165) is 0 Å². The van der Waals surface area contributed by atoms with Crippen molar-refractivity contribution in [1.82, 2.24) is 5.43 Å². The predicted octanol–water partition coefficient (Wildman–Crippen LogP) is 2.17. The fourth-order valence-corrected chi connectivity index (χ4v) is 1.42. The number of hydrogen-bond acceptors (Lipinski definition) is 4. The van der Waals surface area contributed by atoms with Crippen molar-refractivity contribution in [2.24, 2.45) is 5.10 Å². The second kappa shape index (κ2) is 6.70. The fraction of sp³-hybridized carbons (Fsp3) is 0.357. The van der Waals surface area contributed by atoms with Crippen molar-refractivity contribution >= 4 is 18.3 Å². The van der Waals surface area contributed by atoms with Crippen LogP contribution in [0.1, 0.15) is 31.9 Å². The Bertz CT molecular complexity index is 518. The van der Waals surface area contributed by atoms with Crippen molar-refractivity contribution < 1.29 is 19.4 Å². The molecule has 0 atom stereocenters. The maximum atomic E-state index is 11.3. The molecule has 108 valence electrons. The van der Waals surface area contributed by atoms with Crippen LogP contribution < -0.4 is 5.43 Å². The van der Waals surface area contributed by atoms with Crippen molar-refractivity contribution in [2.45, 2.75) is 32.8 Å². The summed E-state index contributed by atoms with van der Waals surface area (Å²) in [5.74, 6) is -0.897. The van der Waals surface area contributed by atoms with Crippen LogP contribution in [-0.4, -0.2) is 29.0 Å². The summed E-state index contributed by atoms with van der Waals surface area (Å²) < 4.78 is 5.01. The smallest absolute Gasteiger partial charge is 0.428 e. The average Bonchev–Trinajstić information content (AvgIpc) is 2.25. The number of nitrogens with one attached hydrogen (secondary N) is 1. The Morgan fingerprint density at radius 3 is 2.70 bits per heavy atom. The summed E-state index contributed by atoms with van der Waals surface area (Å²) in [4.78, 5) is 21.9. The highest BCUT2D eigenvalue weighted by molar-refractivity contribution is 5.81. The van der Waals surface area contributed by atoms with E-state index in [4.69, 9.17) is 9.84 Å². The van der Waals surface area contributed by atoms with Crippen LogP contribution >= 0.6 is 0 Å². The Balaban J connectivity index is 2.58. The zero-order valence-corrected chi connectivity index (χ0v) is 11.7. The van der Waals surface area contributed by atoms with E-state index < -0.39 is 17.7 Å². The van der Waals surface area contributed by atoms with Gasteiger partial charge in [-0.3, -0.25) is 4.79 Å². The molecule has 1 rings (SSSR count). The standard InChI is InChI=1S/C14H18N2O4/c1-14(2,3)20-13(19)16-15-9-11-6-4-5-10(7-11)8-12(17)18/h4-7,9H,8H2,1-3H3,(H,16,19)(H,17,18)/b15-9+. The van der Waals surface area contributed by atoms with Crippen molar-refractivity contribution in [2.75, 3.05) is 0 Å². The lowest BCUT2D eigenvalue weighted by Crippen LogP contribution is -2.29. The maximum Gasteiger partial charge on any atom is 0.428 e. The van der Waals surface area contributed by atoms with Gasteiger partial charge in [-0.2, -0.15) is 5.10 Å². The summed E-state index contributed by atoms with van der Waals surface area (Å²) in [5, 5.41) is 12.5. The zero-order chi connectivity index (χ0) is 15.2. The summed E-state index contributed by atoms with van der Waals surface area (Å²) in [6.07, 6.45) is 0.728. The van der Waals surface area contributed by atoms with Crippen LogP contribution in [-0.2, 0) is 16.0 Å². The molecule has 20 heavy (non-hydrogen) atoms. The van der Waals surface area contributed by atoms with Gasteiger partial charge >= 0.3 is 12.1 Å². The molecular weight excluding hydrogens is 260 g/mol. The van der Waals surface area contributed by atoms with Gasteiger partial charge in [-0.25, -0.2) is 10.2 Å². The third-order valence-corrected chi connectivity index (χ3v) is 2.07. The number of carboxylic acid groups (broad SMARTS) is 1. The van der Waals surface area contributed by atoms with Gasteiger partial charge in [-0.1, -0.05) is 18.2 Å². The summed E-state index contributed by atoms with van der Waals surface area (Å²) >= 11 is 0. The molecule has 2 N–H and O–H groups in total. The zero-order valence-electron chi connectivity index (χ0n) is 11.7. The first-order valence-corrected chi connectivity index (χ1v) is 6.09. The molecule has 0 saturated heterocycles. The number of ether oxygens (including phenoxy) is 1. The molecule has 6 nitrogen and oxygen atoms in total. The highest BCUT2D eigenvalue weighted by atomic mass is 16.6. The Hall–Kier alpha value is -2.37. The Morgan fingerprint density at radius 2 is 2.10 bits per heavy atom. The van der Waals surface area contributed by atoms with E-state index >= 15 is 0 Å². The van der Waals surface area contributed by atoms with Crippen LogP contribution in [0.15, 0.2) is 29.4 Å². The van der Waals surface area contributed by atoms with Gasteiger partial charge in [-0.15, -0.1) is 0 Å². The molecule has 0 unspecified atom stereocenters. The van der Waals surface area contributed by atoms with Gasteiger partial charge in [0.25, 0.3) is 0 Å². The van der Waals surface area contributed by atoms with Gasteiger partial charge < -0.3 is 9.84 Å².